The van der Waals surface area contributed by atoms with Gasteiger partial charge in [0.05, 0.1) is 6.54 Å². The van der Waals surface area contributed by atoms with Crippen LogP contribution < -0.4 is 10.0 Å². The number of nitrogens with zero attached hydrogens (tertiary/aromatic N) is 1. The molecule has 0 atom stereocenters. The molecule has 29 heavy (non-hydrogen) atoms. The zero-order valence-electron chi connectivity index (χ0n) is 15.7. The third kappa shape index (κ3) is 4.43. The fourth-order valence-electron chi connectivity index (χ4n) is 2.86. The topological polar surface area (TPSA) is 95.6 Å². The molecular weight excluding hydrogens is 404 g/mol. The minimum absolute atomic E-state index is 0.0842. The lowest BCUT2D eigenvalue weighted by atomic mass is 10.1. The Hall–Kier alpha value is -2.85. The quantitative estimate of drug-likeness (QED) is 0.697. The number of nitrogens with one attached hydrogen (secondary N) is 2. The average molecular weight is 423 g/mol. The van der Waals surface area contributed by atoms with Gasteiger partial charge >= 0.3 is 6.03 Å². The third-order valence-corrected chi connectivity index (χ3v) is 5.89. The van der Waals surface area contributed by atoms with E-state index in [9.17, 15) is 26.8 Å². The van der Waals surface area contributed by atoms with Crippen molar-refractivity contribution in [3.05, 3.63) is 65.2 Å². The predicted molar refractivity (Wildman–Crippen MR) is 100.0 cm³/mol. The lowest BCUT2D eigenvalue weighted by Crippen LogP contribution is -2.40. The highest BCUT2D eigenvalue weighted by Crippen LogP contribution is 2.20. The summed E-state index contributed by atoms with van der Waals surface area (Å²) in [6, 6.07) is 8.32. The van der Waals surface area contributed by atoms with Crippen molar-refractivity contribution in [1.29, 1.82) is 0 Å². The van der Waals surface area contributed by atoms with E-state index in [1.807, 2.05) is 0 Å². The molecular formula is C19H19F2N3O4S. The van der Waals surface area contributed by atoms with Gasteiger partial charge in [0.1, 0.15) is 22.1 Å². The molecule has 2 N–H and O–H groups in total. The van der Waals surface area contributed by atoms with Gasteiger partial charge in [0.15, 0.2) is 0 Å². The Balaban J connectivity index is 1.65. The molecule has 0 spiro atoms. The Morgan fingerprint density at radius 2 is 1.66 bits per heavy atom. The second-order valence-corrected chi connectivity index (χ2v) is 8.90. The first-order valence-electron chi connectivity index (χ1n) is 8.66. The minimum atomic E-state index is -4.16. The van der Waals surface area contributed by atoms with Crippen molar-refractivity contribution in [3.63, 3.8) is 0 Å². The molecule has 0 radical (unpaired) electrons. The van der Waals surface area contributed by atoms with Gasteiger partial charge < -0.3 is 5.32 Å². The normalized spacial score (nSPS) is 16.2. The summed E-state index contributed by atoms with van der Waals surface area (Å²) in [5, 5.41) is 2.59. The summed E-state index contributed by atoms with van der Waals surface area (Å²) in [5.41, 5.74) is 0.310. The van der Waals surface area contributed by atoms with Crippen molar-refractivity contribution < 1.29 is 26.8 Å². The lowest BCUT2D eigenvalue weighted by molar-refractivity contribution is -0.130. The van der Waals surface area contributed by atoms with E-state index in [1.54, 1.807) is 38.1 Å². The highest BCUT2D eigenvalue weighted by atomic mass is 32.2. The maximum Gasteiger partial charge on any atom is 0.325 e. The molecule has 2 aromatic rings. The average Bonchev–Trinajstić information content (AvgIpc) is 2.82. The Bertz CT molecular complexity index is 1070. The molecule has 0 saturated carbocycles. The predicted octanol–water partition coefficient (Wildman–Crippen LogP) is 2.27. The van der Waals surface area contributed by atoms with E-state index >= 15 is 0 Å². The molecule has 0 aliphatic carbocycles. The van der Waals surface area contributed by atoms with Gasteiger partial charge in [-0.05, 0) is 37.1 Å². The first-order chi connectivity index (χ1) is 13.5. The van der Waals surface area contributed by atoms with E-state index in [1.165, 1.54) is 0 Å². The van der Waals surface area contributed by atoms with Crippen molar-refractivity contribution in [2.45, 2.75) is 37.4 Å². The van der Waals surface area contributed by atoms with E-state index in [-0.39, 0.29) is 19.0 Å². The minimum Gasteiger partial charge on any atom is -0.324 e. The molecule has 1 heterocycles. The number of urea groups is 1. The standard InChI is InChI=1S/C19H19F2N3O4S/c1-19(2)17(25)24(18(26)23-19)11-13-5-3-12(4-6-13)10-22-29(27,28)16-8-7-14(20)9-15(16)21/h3-9,22H,10-11H2,1-2H3,(H,23,26). The van der Waals surface area contributed by atoms with Crippen LogP contribution in [0.15, 0.2) is 47.4 Å². The van der Waals surface area contributed by atoms with Crippen LogP contribution in [0.4, 0.5) is 13.6 Å². The van der Waals surface area contributed by atoms with Gasteiger partial charge in [-0.15, -0.1) is 0 Å². The zero-order chi connectivity index (χ0) is 21.4. The first-order valence-corrected chi connectivity index (χ1v) is 10.1. The monoisotopic (exact) mass is 423 g/mol. The van der Waals surface area contributed by atoms with Gasteiger partial charge in [-0.25, -0.2) is 26.7 Å². The van der Waals surface area contributed by atoms with Gasteiger partial charge in [-0.2, -0.15) is 0 Å². The molecule has 0 bridgehead atoms. The van der Waals surface area contributed by atoms with Crippen LogP contribution in [0.1, 0.15) is 25.0 Å². The molecule has 3 amide bonds. The number of halogens is 2. The second-order valence-electron chi connectivity index (χ2n) is 7.16. The molecule has 154 valence electrons. The van der Waals surface area contributed by atoms with E-state index < -0.39 is 38.1 Å². The van der Waals surface area contributed by atoms with Crippen LogP contribution >= 0.6 is 0 Å². The maximum atomic E-state index is 13.7. The van der Waals surface area contributed by atoms with Crippen LogP contribution in [0.25, 0.3) is 0 Å². The summed E-state index contributed by atoms with van der Waals surface area (Å²) >= 11 is 0. The first kappa shape index (κ1) is 20.9. The fraction of sp³-hybridized carbons (Fsp3) is 0.263. The summed E-state index contributed by atoms with van der Waals surface area (Å²) in [6.07, 6.45) is 0. The molecule has 0 aromatic heterocycles. The second kappa shape index (κ2) is 7.53. The maximum absolute atomic E-state index is 13.7. The SMILES string of the molecule is CC1(C)NC(=O)N(Cc2ccc(CNS(=O)(=O)c3ccc(F)cc3F)cc2)C1=O. The van der Waals surface area contributed by atoms with Crippen LogP contribution in [0.2, 0.25) is 0 Å². The van der Waals surface area contributed by atoms with E-state index in [2.05, 4.69) is 10.0 Å². The Morgan fingerprint density at radius 1 is 1.03 bits per heavy atom. The number of sulfonamides is 1. The van der Waals surface area contributed by atoms with E-state index in [0.717, 1.165) is 17.0 Å². The highest BCUT2D eigenvalue weighted by molar-refractivity contribution is 7.89. The molecule has 2 aromatic carbocycles. The highest BCUT2D eigenvalue weighted by Gasteiger charge is 2.44. The summed E-state index contributed by atoms with van der Waals surface area (Å²) in [7, 11) is -4.16. The molecule has 0 unspecified atom stereocenters. The van der Waals surface area contributed by atoms with Gasteiger partial charge in [0.2, 0.25) is 10.0 Å². The van der Waals surface area contributed by atoms with E-state index in [0.29, 0.717) is 17.2 Å². The van der Waals surface area contributed by atoms with Crippen molar-refractivity contribution in [2.75, 3.05) is 0 Å². The Kier molecular flexibility index (Phi) is 5.42. The van der Waals surface area contributed by atoms with Crippen LogP contribution in [0.3, 0.4) is 0 Å². The third-order valence-electron chi connectivity index (χ3n) is 4.46. The van der Waals surface area contributed by atoms with Crippen molar-refractivity contribution in [2.24, 2.45) is 0 Å². The number of carbonyl (C=O) groups excluding carboxylic acids is 2. The largest absolute Gasteiger partial charge is 0.325 e. The molecule has 3 rings (SSSR count). The molecule has 10 heteroatoms. The number of carbonyl (C=O) groups is 2. The van der Waals surface area contributed by atoms with E-state index in [4.69, 9.17) is 0 Å². The summed E-state index contributed by atoms with van der Waals surface area (Å²) in [5.74, 6) is -2.38. The summed E-state index contributed by atoms with van der Waals surface area (Å²) < 4.78 is 53.3. The number of amides is 3. The van der Waals surface area contributed by atoms with Crippen molar-refractivity contribution >= 4 is 22.0 Å². The zero-order valence-corrected chi connectivity index (χ0v) is 16.5. The summed E-state index contributed by atoms with van der Waals surface area (Å²) in [6.45, 7) is 3.20. The van der Waals surface area contributed by atoms with Crippen LogP contribution in [0.5, 0.6) is 0 Å². The number of benzene rings is 2. The van der Waals surface area contributed by atoms with Crippen LogP contribution in [-0.4, -0.2) is 30.8 Å². The Labute approximate surface area is 166 Å². The lowest BCUT2D eigenvalue weighted by Gasteiger charge is -2.16. The number of imide groups is 1. The van der Waals surface area contributed by atoms with Gasteiger partial charge in [0, 0.05) is 12.6 Å². The van der Waals surface area contributed by atoms with Crippen molar-refractivity contribution in [3.8, 4) is 0 Å². The number of hydrogen-bond donors (Lipinski definition) is 2. The molecule has 1 aliphatic heterocycles. The van der Waals surface area contributed by atoms with Gasteiger partial charge in [-0.1, -0.05) is 24.3 Å². The van der Waals surface area contributed by atoms with Gasteiger partial charge in [-0.3, -0.25) is 9.69 Å². The molecule has 1 saturated heterocycles. The van der Waals surface area contributed by atoms with Crippen molar-refractivity contribution in [1.82, 2.24) is 14.9 Å². The summed E-state index contributed by atoms with van der Waals surface area (Å²) in [4.78, 5) is 24.6. The number of rotatable bonds is 6. The molecule has 1 fully saturated rings. The fourth-order valence-corrected chi connectivity index (χ4v) is 3.93. The van der Waals surface area contributed by atoms with Gasteiger partial charge in [0.25, 0.3) is 5.91 Å². The molecule has 7 nitrogen and oxygen atoms in total. The van der Waals surface area contributed by atoms with Crippen LogP contribution in [0, 0.1) is 11.6 Å². The van der Waals surface area contributed by atoms with Crippen LogP contribution in [-0.2, 0) is 27.9 Å². The Morgan fingerprint density at radius 3 is 2.21 bits per heavy atom. The smallest absolute Gasteiger partial charge is 0.324 e. The number of hydrogen-bond acceptors (Lipinski definition) is 4. The molecule has 1 aliphatic rings.